The maximum Gasteiger partial charge on any atom is 0.325 e. The zero-order chi connectivity index (χ0) is 17.0. The Balaban J connectivity index is 1.45. The number of urea groups is 1. The van der Waals surface area contributed by atoms with E-state index in [1.807, 2.05) is 0 Å². The minimum Gasteiger partial charge on any atom is -0.353 e. The first-order valence-electron chi connectivity index (χ1n) is 8.95. The van der Waals surface area contributed by atoms with Crippen molar-refractivity contribution >= 4 is 17.8 Å². The molecule has 0 aromatic carbocycles. The predicted molar refractivity (Wildman–Crippen MR) is 88.4 cm³/mol. The second kappa shape index (κ2) is 7.48. The molecule has 4 amide bonds. The molecular weight excluding hydrogens is 310 g/mol. The van der Waals surface area contributed by atoms with E-state index in [-0.39, 0.29) is 18.4 Å². The molecule has 3 rings (SSSR count). The highest BCUT2D eigenvalue weighted by atomic mass is 16.2. The highest BCUT2D eigenvalue weighted by molar-refractivity contribution is 6.09. The molecule has 0 atom stereocenters. The van der Waals surface area contributed by atoms with Crippen LogP contribution in [0.25, 0.3) is 0 Å². The molecule has 0 aromatic rings. The van der Waals surface area contributed by atoms with E-state index < -0.39 is 11.6 Å². The van der Waals surface area contributed by atoms with Gasteiger partial charge < -0.3 is 16.0 Å². The highest BCUT2D eigenvalue weighted by Gasteiger charge is 2.51. The first kappa shape index (κ1) is 17.2. The van der Waals surface area contributed by atoms with Gasteiger partial charge in [0.15, 0.2) is 0 Å². The quantitative estimate of drug-likeness (QED) is 0.575. The van der Waals surface area contributed by atoms with Crippen LogP contribution >= 0.6 is 0 Å². The molecule has 0 unspecified atom stereocenters. The van der Waals surface area contributed by atoms with Crippen LogP contribution < -0.4 is 16.0 Å². The van der Waals surface area contributed by atoms with Crippen molar-refractivity contribution in [1.29, 1.82) is 0 Å². The maximum atomic E-state index is 12.6. The molecular formula is C16H27N5O3. The maximum absolute atomic E-state index is 12.6. The summed E-state index contributed by atoms with van der Waals surface area (Å²) >= 11 is 0. The molecule has 8 heteroatoms. The summed E-state index contributed by atoms with van der Waals surface area (Å²) in [6.45, 7) is 5.03. The SMILES string of the molecule is O=C(CN1C(=O)NC2(CCCCC2)C1=O)NCCN1CCNCC1. The number of rotatable bonds is 5. The number of imide groups is 1. The summed E-state index contributed by atoms with van der Waals surface area (Å²) in [5, 5.41) is 8.92. The van der Waals surface area contributed by atoms with Gasteiger partial charge in [0, 0.05) is 39.3 Å². The molecule has 1 saturated carbocycles. The van der Waals surface area contributed by atoms with E-state index in [4.69, 9.17) is 0 Å². The van der Waals surface area contributed by atoms with E-state index in [0.717, 1.165) is 56.9 Å². The van der Waals surface area contributed by atoms with Crippen molar-refractivity contribution in [1.82, 2.24) is 25.8 Å². The zero-order valence-corrected chi connectivity index (χ0v) is 14.1. The van der Waals surface area contributed by atoms with E-state index in [2.05, 4.69) is 20.9 Å². The summed E-state index contributed by atoms with van der Waals surface area (Å²) in [6, 6.07) is -0.431. The Bertz CT molecular complexity index is 498. The van der Waals surface area contributed by atoms with Gasteiger partial charge in [-0.25, -0.2) is 4.79 Å². The molecule has 3 N–H and O–H groups in total. The number of nitrogens with one attached hydrogen (secondary N) is 3. The van der Waals surface area contributed by atoms with Crippen LogP contribution in [0.5, 0.6) is 0 Å². The Morgan fingerprint density at radius 1 is 1.12 bits per heavy atom. The molecule has 8 nitrogen and oxygen atoms in total. The van der Waals surface area contributed by atoms with Crippen molar-refractivity contribution in [2.75, 3.05) is 45.8 Å². The Labute approximate surface area is 142 Å². The lowest BCUT2D eigenvalue weighted by Crippen LogP contribution is -2.49. The van der Waals surface area contributed by atoms with Gasteiger partial charge in [-0.1, -0.05) is 19.3 Å². The second-order valence-corrected chi connectivity index (χ2v) is 6.91. The number of amides is 4. The van der Waals surface area contributed by atoms with Gasteiger partial charge in [0.05, 0.1) is 0 Å². The van der Waals surface area contributed by atoms with E-state index >= 15 is 0 Å². The number of hydrogen-bond donors (Lipinski definition) is 3. The van der Waals surface area contributed by atoms with Crippen LogP contribution in [0.4, 0.5) is 4.79 Å². The van der Waals surface area contributed by atoms with Crippen LogP contribution in [-0.4, -0.2) is 79.0 Å². The molecule has 0 radical (unpaired) electrons. The molecule has 3 aliphatic rings. The van der Waals surface area contributed by atoms with Crippen molar-refractivity contribution in [3.8, 4) is 0 Å². The minimum absolute atomic E-state index is 0.187. The molecule has 2 heterocycles. The van der Waals surface area contributed by atoms with Gasteiger partial charge in [-0.3, -0.25) is 19.4 Å². The molecule has 1 spiro atoms. The molecule has 0 bridgehead atoms. The van der Waals surface area contributed by atoms with Gasteiger partial charge in [0.2, 0.25) is 5.91 Å². The van der Waals surface area contributed by atoms with Crippen molar-refractivity contribution in [2.45, 2.75) is 37.6 Å². The summed E-state index contributed by atoms with van der Waals surface area (Å²) < 4.78 is 0. The molecule has 1 aliphatic carbocycles. The lowest BCUT2D eigenvalue weighted by Gasteiger charge is -2.30. The Morgan fingerprint density at radius 2 is 1.83 bits per heavy atom. The monoisotopic (exact) mass is 337 g/mol. The van der Waals surface area contributed by atoms with Crippen LogP contribution in [0, 0.1) is 0 Å². The minimum atomic E-state index is -0.754. The van der Waals surface area contributed by atoms with Crippen LogP contribution in [0.15, 0.2) is 0 Å². The summed E-state index contributed by atoms with van der Waals surface area (Å²) in [6.07, 6.45) is 4.34. The summed E-state index contributed by atoms with van der Waals surface area (Å²) in [5.41, 5.74) is -0.754. The van der Waals surface area contributed by atoms with Gasteiger partial charge in [0.25, 0.3) is 5.91 Å². The number of carbonyl (C=O) groups excluding carboxylic acids is 3. The predicted octanol–water partition coefficient (Wildman–Crippen LogP) is -0.737. The average molecular weight is 337 g/mol. The van der Waals surface area contributed by atoms with Crippen molar-refractivity contribution in [3.63, 3.8) is 0 Å². The highest BCUT2D eigenvalue weighted by Crippen LogP contribution is 2.33. The first-order chi connectivity index (χ1) is 11.6. The first-order valence-corrected chi connectivity index (χ1v) is 8.95. The largest absolute Gasteiger partial charge is 0.353 e. The molecule has 0 aromatic heterocycles. The summed E-state index contributed by atoms with van der Waals surface area (Å²) in [7, 11) is 0. The van der Waals surface area contributed by atoms with Crippen molar-refractivity contribution in [2.24, 2.45) is 0 Å². The third kappa shape index (κ3) is 3.70. The molecule has 2 aliphatic heterocycles. The number of nitrogens with zero attached hydrogens (tertiary/aromatic N) is 2. The lowest BCUT2D eigenvalue weighted by molar-refractivity contribution is -0.135. The van der Waals surface area contributed by atoms with Crippen LogP contribution in [0.1, 0.15) is 32.1 Å². The zero-order valence-electron chi connectivity index (χ0n) is 14.1. The van der Waals surface area contributed by atoms with Crippen molar-refractivity contribution in [3.05, 3.63) is 0 Å². The van der Waals surface area contributed by atoms with Crippen LogP contribution in [-0.2, 0) is 9.59 Å². The second-order valence-electron chi connectivity index (χ2n) is 6.91. The van der Waals surface area contributed by atoms with Crippen LogP contribution in [0.2, 0.25) is 0 Å². The lowest BCUT2D eigenvalue weighted by atomic mass is 9.82. The van der Waals surface area contributed by atoms with Gasteiger partial charge in [-0.15, -0.1) is 0 Å². The molecule has 24 heavy (non-hydrogen) atoms. The van der Waals surface area contributed by atoms with E-state index in [9.17, 15) is 14.4 Å². The molecule has 3 fully saturated rings. The van der Waals surface area contributed by atoms with Gasteiger partial charge in [-0.2, -0.15) is 0 Å². The average Bonchev–Trinajstić information content (AvgIpc) is 2.81. The summed E-state index contributed by atoms with van der Waals surface area (Å²) in [5.74, 6) is -0.508. The van der Waals surface area contributed by atoms with Gasteiger partial charge in [0.1, 0.15) is 12.1 Å². The Kier molecular flexibility index (Phi) is 5.35. The fourth-order valence-electron chi connectivity index (χ4n) is 3.80. The third-order valence-corrected chi connectivity index (χ3v) is 5.21. The van der Waals surface area contributed by atoms with E-state index in [1.54, 1.807) is 0 Å². The topological polar surface area (TPSA) is 93.8 Å². The number of hydrogen-bond acceptors (Lipinski definition) is 5. The van der Waals surface area contributed by atoms with Crippen LogP contribution in [0.3, 0.4) is 0 Å². The molecule has 134 valence electrons. The smallest absolute Gasteiger partial charge is 0.325 e. The summed E-state index contributed by atoms with van der Waals surface area (Å²) in [4.78, 5) is 40.2. The normalized spacial score (nSPS) is 24.2. The standard InChI is InChI=1S/C16H27N5O3/c22-13(18-8-11-20-9-6-17-7-10-20)12-21-14(23)16(19-15(21)24)4-2-1-3-5-16/h17H,1-12H2,(H,18,22)(H,19,24). The van der Waals surface area contributed by atoms with Gasteiger partial charge in [-0.05, 0) is 12.8 Å². The van der Waals surface area contributed by atoms with E-state index in [0.29, 0.717) is 19.4 Å². The Morgan fingerprint density at radius 3 is 2.54 bits per heavy atom. The third-order valence-electron chi connectivity index (χ3n) is 5.21. The van der Waals surface area contributed by atoms with E-state index in [1.165, 1.54) is 0 Å². The fraction of sp³-hybridized carbons (Fsp3) is 0.812. The number of piperazine rings is 1. The Hall–Kier alpha value is -1.67. The number of carbonyl (C=O) groups is 3. The molecule has 2 saturated heterocycles. The fourth-order valence-corrected chi connectivity index (χ4v) is 3.80. The van der Waals surface area contributed by atoms with Gasteiger partial charge >= 0.3 is 6.03 Å². The van der Waals surface area contributed by atoms with Crippen molar-refractivity contribution < 1.29 is 14.4 Å².